The van der Waals surface area contributed by atoms with Gasteiger partial charge in [-0.15, -0.1) is 0 Å². The Labute approximate surface area is 185 Å². The summed E-state index contributed by atoms with van der Waals surface area (Å²) < 4.78 is 14.4. The average molecular weight is 504 g/mol. The molecule has 3 rings (SSSR count). The molecule has 10 heteroatoms. The van der Waals surface area contributed by atoms with Gasteiger partial charge in [0, 0.05) is 15.6 Å². The molecule has 0 aliphatic carbocycles. The Kier molecular flexibility index (Phi) is 6.87. The lowest BCUT2D eigenvalue weighted by Crippen LogP contribution is -2.16. The minimum Gasteiger partial charge on any atom is -0.493 e. The maximum absolute atomic E-state index is 6.22. The number of aryl methyl sites for hydroxylation is 1. The molecule has 0 radical (unpaired) electrons. The molecule has 0 spiro atoms. The number of nitrogens with one attached hydrogen (secondary N) is 2. The highest BCUT2D eigenvalue weighted by Crippen LogP contribution is 2.37. The van der Waals surface area contributed by atoms with Gasteiger partial charge in [0.15, 0.2) is 11.5 Å². The van der Waals surface area contributed by atoms with Crippen LogP contribution in [0, 0.1) is 11.7 Å². The second-order valence-corrected chi connectivity index (χ2v) is 7.96. The van der Waals surface area contributed by atoms with Crippen LogP contribution in [0.1, 0.15) is 17.0 Å². The number of H-pyrrole nitrogens is 1. The summed E-state index contributed by atoms with van der Waals surface area (Å²) in [6, 6.07) is 9.14. The van der Waals surface area contributed by atoms with E-state index >= 15 is 0 Å². The fraction of sp³-hybridized carbons (Fsp3) is 0.222. The van der Waals surface area contributed by atoms with Crippen LogP contribution < -0.4 is 14.9 Å². The predicted octanol–water partition coefficient (Wildman–Crippen LogP) is 5.65. The Morgan fingerprint density at radius 3 is 2.71 bits per heavy atom. The summed E-state index contributed by atoms with van der Waals surface area (Å²) in [6.45, 7) is 2.66. The van der Waals surface area contributed by atoms with E-state index in [1.807, 2.05) is 25.1 Å². The molecule has 0 saturated heterocycles. The lowest BCUT2D eigenvalue weighted by atomic mass is 10.2. The van der Waals surface area contributed by atoms with Gasteiger partial charge < -0.3 is 14.9 Å². The molecule has 1 heterocycles. The van der Waals surface area contributed by atoms with Gasteiger partial charge in [-0.25, -0.2) is 4.68 Å². The summed E-state index contributed by atoms with van der Waals surface area (Å²) in [7, 11) is 1.59. The van der Waals surface area contributed by atoms with E-state index in [1.165, 1.54) is 0 Å². The van der Waals surface area contributed by atoms with Gasteiger partial charge in [0.25, 0.3) is 0 Å². The largest absolute Gasteiger partial charge is 0.493 e. The number of rotatable bonds is 7. The predicted molar refractivity (Wildman–Crippen MR) is 117 cm³/mol. The first kappa shape index (κ1) is 21.0. The van der Waals surface area contributed by atoms with Crippen LogP contribution in [-0.4, -0.2) is 22.0 Å². The molecule has 0 fully saturated rings. The number of methoxy groups -OCH3 is 1. The highest BCUT2D eigenvalue weighted by molar-refractivity contribution is 9.10. The van der Waals surface area contributed by atoms with Crippen LogP contribution in [0.2, 0.25) is 10.0 Å². The number of nitrogens with zero attached hydrogens (tertiary/aromatic N) is 2. The Bertz CT molecular complexity index is 1050. The quantitative estimate of drug-likeness (QED) is 0.408. The molecule has 0 aliphatic heterocycles. The van der Waals surface area contributed by atoms with Crippen molar-refractivity contribution in [3.63, 3.8) is 0 Å². The first-order chi connectivity index (χ1) is 13.4. The molecule has 6 nitrogen and oxygen atoms in total. The van der Waals surface area contributed by atoms with Crippen molar-refractivity contribution >= 4 is 51.3 Å². The molecule has 2 N–H and O–H groups in total. The first-order valence-electron chi connectivity index (χ1n) is 8.20. The topological polar surface area (TPSA) is 64.1 Å². The molecule has 0 saturated carbocycles. The fourth-order valence-electron chi connectivity index (χ4n) is 2.54. The molecule has 1 aromatic heterocycles. The van der Waals surface area contributed by atoms with Crippen molar-refractivity contribution in [3.05, 3.63) is 66.6 Å². The Hall–Kier alpha value is -1.74. The number of hydrogen-bond acceptors (Lipinski definition) is 5. The van der Waals surface area contributed by atoms with E-state index < -0.39 is 0 Å². The van der Waals surface area contributed by atoms with Crippen LogP contribution in [-0.2, 0) is 13.2 Å². The summed E-state index contributed by atoms with van der Waals surface area (Å²) in [5, 5.41) is 7.94. The standard InChI is InChI=1S/C18H17BrCl2N4O2S/c1-10-23-24-18(28)25(10)22-8-11-5-14(19)17(16(6-11)26-2)27-9-12-3-4-13(20)7-15(12)21/h3-7,22H,8-9H2,1-2H3,(H,24,28). The molecule has 0 amide bonds. The fourth-order valence-corrected chi connectivity index (χ4v) is 3.85. The molecule has 0 aliphatic rings. The van der Waals surface area contributed by atoms with Gasteiger partial charge in [-0.2, -0.15) is 5.10 Å². The summed E-state index contributed by atoms with van der Waals surface area (Å²) in [4.78, 5) is 0. The van der Waals surface area contributed by atoms with E-state index in [-0.39, 0.29) is 6.61 Å². The van der Waals surface area contributed by atoms with E-state index in [2.05, 4.69) is 31.6 Å². The zero-order chi connectivity index (χ0) is 20.3. The molecule has 2 aromatic carbocycles. The second-order valence-electron chi connectivity index (χ2n) is 5.88. The summed E-state index contributed by atoms with van der Waals surface area (Å²) in [5.74, 6) is 1.94. The lowest BCUT2D eigenvalue weighted by Gasteiger charge is -2.16. The van der Waals surface area contributed by atoms with Crippen molar-refractivity contribution in [2.45, 2.75) is 20.1 Å². The Balaban J connectivity index is 1.76. The number of hydrogen-bond donors (Lipinski definition) is 2. The number of aromatic amines is 1. The molecular formula is C18H17BrCl2N4O2S. The van der Waals surface area contributed by atoms with Crippen LogP contribution >= 0.6 is 51.3 Å². The summed E-state index contributed by atoms with van der Waals surface area (Å²) in [5.41, 5.74) is 5.02. The van der Waals surface area contributed by atoms with Crippen LogP contribution in [0.15, 0.2) is 34.8 Å². The van der Waals surface area contributed by atoms with Crippen molar-refractivity contribution in [3.8, 4) is 11.5 Å². The zero-order valence-electron chi connectivity index (χ0n) is 15.1. The molecular weight excluding hydrogens is 487 g/mol. The van der Waals surface area contributed by atoms with Crippen molar-refractivity contribution in [2.75, 3.05) is 12.5 Å². The summed E-state index contributed by atoms with van der Waals surface area (Å²) >= 11 is 20.9. The zero-order valence-corrected chi connectivity index (χ0v) is 19.0. The number of halogens is 3. The highest BCUT2D eigenvalue weighted by atomic mass is 79.9. The first-order valence-corrected chi connectivity index (χ1v) is 10.2. The monoisotopic (exact) mass is 502 g/mol. The molecule has 0 bridgehead atoms. The third kappa shape index (κ3) is 4.81. The maximum Gasteiger partial charge on any atom is 0.214 e. The molecule has 28 heavy (non-hydrogen) atoms. The van der Waals surface area contributed by atoms with E-state index in [0.717, 1.165) is 21.4 Å². The Morgan fingerprint density at radius 2 is 2.07 bits per heavy atom. The van der Waals surface area contributed by atoms with Crippen LogP contribution in [0.3, 0.4) is 0 Å². The lowest BCUT2D eigenvalue weighted by molar-refractivity contribution is 0.282. The highest BCUT2D eigenvalue weighted by Gasteiger charge is 2.13. The van der Waals surface area contributed by atoms with Gasteiger partial charge in [0.2, 0.25) is 4.77 Å². The maximum atomic E-state index is 6.22. The van der Waals surface area contributed by atoms with Gasteiger partial charge in [0.05, 0.1) is 18.1 Å². The van der Waals surface area contributed by atoms with Gasteiger partial charge in [-0.05, 0) is 64.9 Å². The minimum atomic E-state index is 0.284. The summed E-state index contributed by atoms with van der Waals surface area (Å²) in [6.07, 6.45) is 0. The van der Waals surface area contributed by atoms with E-state index in [4.69, 9.17) is 44.9 Å². The van der Waals surface area contributed by atoms with Crippen molar-refractivity contribution in [1.29, 1.82) is 0 Å². The third-order valence-electron chi connectivity index (χ3n) is 3.96. The number of ether oxygens (including phenoxy) is 2. The van der Waals surface area contributed by atoms with Crippen molar-refractivity contribution < 1.29 is 9.47 Å². The SMILES string of the molecule is COc1cc(CNn2c(C)n[nH]c2=S)cc(Br)c1OCc1ccc(Cl)cc1Cl. The van der Waals surface area contributed by atoms with E-state index in [1.54, 1.807) is 23.9 Å². The number of aromatic nitrogens is 3. The normalized spacial score (nSPS) is 10.8. The number of benzene rings is 2. The smallest absolute Gasteiger partial charge is 0.214 e. The van der Waals surface area contributed by atoms with E-state index in [9.17, 15) is 0 Å². The minimum absolute atomic E-state index is 0.284. The van der Waals surface area contributed by atoms with Crippen LogP contribution in [0.5, 0.6) is 11.5 Å². The molecule has 148 valence electrons. The van der Waals surface area contributed by atoms with Crippen molar-refractivity contribution in [1.82, 2.24) is 14.9 Å². The van der Waals surface area contributed by atoms with Gasteiger partial charge in [-0.1, -0.05) is 29.3 Å². The van der Waals surface area contributed by atoms with Gasteiger partial charge in [-0.3, -0.25) is 5.10 Å². The molecule has 3 aromatic rings. The van der Waals surface area contributed by atoms with Crippen LogP contribution in [0.25, 0.3) is 0 Å². The average Bonchev–Trinajstić information content (AvgIpc) is 2.97. The molecule has 0 atom stereocenters. The Morgan fingerprint density at radius 1 is 1.29 bits per heavy atom. The van der Waals surface area contributed by atoms with Crippen molar-refractivity contribution in [2.24, 2.45) is 0 Å². The van der Waals surface area contributed by atoms with E-state index in [0.29, 0.717) is 32.9 Å². The van der Waals surface area contributed by atoms with Gasteiger partial charge in [0.1, 0.15) is 12.4 Å². The van der Waals surface area contributed by atoms with Gasteiger partial charge >= 0.3 is 0 Å². The third-order valence-corrected chi connectivity index (χ3v) is 5.41. The van der Waals surface area contributed by atoms with Crippen LogP contribution in [0.4, 0.5) is 0 Å². The molecule has 0 unspecified atom stereocenters. The second kappa shape index (κ2) is 9.17.